The number of fused-ring (bicyclic) bond motifs is 1. The summed E-state index contributed by atoms with van der Waals surface area (Å²) >= 11 is 0. The minimum atomic E-state index is -0.669. The molecule has 1 amide bonds. The molecule has 0 atom stereocenters. The van der Waals surface area contributed by atoms with Gasteiger partial charge in [0, 0.05) is 23.6 Å². The third-order valence-electron chi connectivity index (χ3n) is 5.51. The van der Waals surface area contributed by atoms with Crippen LogP contribution in [0.3, 0.4) is 0 Å². The molecule has 0 aliphatic carbocycles. The van der Waals surface area contributed by atoms with E-state index in [1.54, 1.807) is 19.2 Å². The van der Waals surface area contributed by atoms with E-state index in [0.717, 1.165) is 39.0 Å². The van der Waals surface area contributed by atoms with Gasteiger partial charge < -0.3 is 14.6 Å². The maximum Gasteiger partial charge on any atom is 0.296 e. The smallest absolute Gasteiger partial charge is 0.296 e. The summed E-state index contributed by atoms with van der Waals surface area (Å²) in [5, 5.41) is 3.53. The van der Waals surface area contributed by atoms with Gasteiger partial charge in [-0.1, -0.05) is 48.5 Å². The third-order valence-corrected chi connectivity index (χ3v) is 5.51. The minimum Gasteiger partial charge on any atom is -0.496 e. The van der Waals surface area contributed by atoms with Crippen molar-refractivity contribution in [1.29, 1.82) is 0 Å². The van der Waals surface area contributed by atoms with Gasteiger partial charge in [0.2, 0.25) is 0 Å². The first-order chi connectivity index (χ1) is 14.9. The molecule has 0 saturated heterocycles. The van der Waals surface area contributed by atoms with E-state index in [0.29, 0.717) is 11.3 Å². The van der Waals surface area contributed by atoms with Crippen molar-refractivity contribution in [2.75, 3.05) is 12.4 Å². The second kappa shape index (κ2) is 8.11. The highest BCUT2D eigenvalue weighted by atomic mass is 16.5. The van der Waals surface area contributed by atoms with E-state index in [9.17, 15) is 9.59 Å². The Morgan fingerprint density at radius 2 is 1.52 bits per heavy atom. The highest BCUT2D eigenvalue weighted by Crippen LogP contribution is 2.34. The Kier molecular flexibility index (Phi) is 5.34. The summed E-state index contributed by atoms with van der Waals surface area (Å²) in [4.78, 5) is 26.4. The van der Waals surface area contributed by atoms with Gasteiger partial charge in [-0.05, 0) is 48.7 Å². The Morgan fingerprint density at radius 3 is 2.16 bits per heavy atom. The Balaban J connectivity index is 1.78. The molecule has 0 aliphatic heterocycles. The number of amides is 1. The van der Waals surface area contributed by atoms with Crippen LogP contribution in [0.4, 0.5) is 5.69 Å². The van der Waals surface area contributed by atoms with Crippen molar-refractivity contribution in [3.8, 4) is 17.0 Å². The molecule has 1 N–H and O–H groups in total. The number of para-hydroxylation sites is 1. The van der Waals surface area contributed by atoms with Crippen molar-refractivity contribution in [3.63, 3.8) is 0 Å². The van der Waals surface area contributed by atoms with Crippen LogP contribution < -0.4 is 10.1 Å². The van der Waals surface area contributed by atoms with Crippen molar-refractivity contribution in [1.82, 2.24) is 4.57 Å². The molecular weight excluding hydrogens is 388 g/mol. The number of Topliss-reactive ketones (excluding diaryl/α,β-unsaturated/α-hetero) is 1. The molecule has 4 aromatic rings. The first-order valence-electron chi connectivity index (χ1n) is 10.1. The monoisotopic (exact) mass is 412 g/mol. The summed E-state index contributed by atoms with van der Waals surface area (Å²) in [6.07, 6.45) is 0. The quantitative estimate of drug-likeness (QED) is 0.358. The van der Waals surface area contributed by atoms with Crippen LogP contribution in [0.25, 0.3) is 22.2 Å². The lowest BCUT2D eigenvalue weighted by molar-refractivity contribution is -0.112. The Morgan fingerprint density at radius 1 is 0.903 bits per heavy atom. The average Bonchev–Trinajstić information content (AvgIpc) is 3.06. The topological polar surface area (TPSA) is 60.3 Å². The largest absolute Gasteiger partial charge is 0.496 e. The summed E-state index contributed by atoms with van der Waals surface area (Å²) < 4.78 is 7.35. The molecule has 4 rings (SSSR count). The van der Waals surface area contributed by atoms with E-state index >= 15 is 0 Å². The maximum atomic E-state index is 13.4. The number of nitrogens with zero attached hydrogens (tertiary/aromatic N) is 1. The van der Waals surface area contributed by atoms with Gasteiger partial charge in [-0.3, -0.25) is 9.59 Å². The molecule has 31 heavy (non-hydrogen) atoms. The summed E-state index contributed by atoms with van der Waals surface area (Å²) in [6.45, 7) is 3.81. The van der Waals surface area contributed by atoms with Crippen LogP contribution in [-0.2, 0) is 11.8 Å². The van der Waals surface area contributed by atoms with Crippen LogP contribution in [0, 0.1) is 13.8 Å². The van der Waals surface area contributed by atoms with Gasteiger partial charge >= 0.3 is 0 Å². The van der Waals surface area contributed by atoms with Crippen molar-refractivity contribution >= 4 is 28.3 Å². The number of carbonyl (C=O) groups excluding carboxylic acids is 2. The highest BCUT2D eigenvalue weighted by molar-refractivity contribution is 6.49. The minimum absolute atomic E-state index is 0.406. The summed E-state index contributed by atoms with van der Waals surface area (Å²) in [7, 11) is 3.53. The number of rotatable bonds is 5. The zero-order valence-electron chi connectivity index (χ0n) is 18.0. The zero-order chi connectivity index (χ0) is 22.1. The molecule has 1 heterocycles. The van der Waals surface area contributed by atoms with E-state index in [1.807, 2.05) is 80.1 Å². The molecule has 1 aromatic heterocycles. The maximum absolute atomic E-state index is 13.4. The number of aryl methyl sites for hydroxylation is 3. The predicted molar refractivity (Wildman–Crippen MR) is 124 cm³/mol. The van der Waals surface area contributed by atoms with E-state index in [1.165, 1.54) is 0 Å². The lowest BCUT2D eigenvalue weighted by Gasteiger charge is -2.12. The van der Waals surface area contributed by atoms with Crippen molar-refractivity contribution < 1.29 is 14.3 Å². The Hall–Kier alpha value is -3.86. The van der Waals surface area contributed by atoms with E-state index in [4.69, 9.17) is 4.74 Å². The average molecular weight is 412 g/mol. The van der Waals surface area contributed by atoms with E-state index < -0.39 is 11.7 Å². The van der Waals surface area contributed by atoms with Crippen LogP contribution in [0.5, 0.6) is 5.75 Å². The number of ketones is 1. The molecule has 5 nitrogen and oxygen atoms in total. The number of anilines is 1. The highest BCUT2D eigenvalue weighted by Gasteiger charge is 2.27. The van der Waals surface area contributed by atoms with Crippen LogP contribution >= 0.6 is 0 Å². The second-order valence-electron chi connectivity index (χ2n) is 7.59. The molecule has 0 radical (unpaired) electrons. The number of methoxy groups -OCH3 is 1. The molecule has 0 bridgehead atoms. The number of carbonyl (C=O) groups is 2. The second-order valence-corrected chi connectivity index (χ2v) is 7.59. The molecular formula is C26H24N2O3. The number of nitrogens with one attached hydrogen (secondary N) is 1. The molecule has 5 heteroatoms. The number of ether oxygens (including phenoxy) is 1. The molecule has 0 fully saturated rings. The first-order valence-corrected chi connectivity index (χ1v) is 10.1. The predicted octanol–water partition coefficient (Wildman–Crippen LogP) is 5.29. The SMILES string of the molecule is COc1c(C)cc(NC(=O)C(=O)c2c(-c3ccccc3)n(C)c3ccccc23)cc1C. The Labute approximate surface area is 181 Å². The third kappa shape index (κ3) is 3.59. The Bertz CT molecular complexity index is 1280. The van der Waals surface area contributed by atoms with Crippen molar-refractivity contribution in [3.05, 3.63) is 83.4 Å². The van der Waals surface area contributed by atoms with Crippen LogP contribution in [0.15, 0.2) is 66.7 Å². The number of hydrogen-bond donors (Lipinski definition) is 1. The van der Waals surface area contributed by atoms with E-state index in [2.05, 4.69) is 5.32 Å². The van der Waals surface area contributed by atoms with Crippen LogP contribution in [0.1, 0.15) is 21.5 Å². The molecule has 156 valence electrons. The van der Waals surface area contributed by atoms with Crippen molar-refractivity contribution in [2.24, 2.45) is 7.05 Å². The number of benzene rings is 3. The molecule has 3 aromatic carbocycles. The van der Waals surface area contributed by atoms with E-state index in [-0.39, 0.29) is 0 Å². The van der Waals surface area contributed by atoms with Crippen LogP contribution in [-0.4, -0.2) is 23.4 Å². The normalized spacial score (nSPS) is 10.8. The first kappa shape index (κ1) is 20.4. The molecule has 0 aliphatic rings. The number of hydrogen-bond acceptors (Lipinski definition) is 3. The van der Waals surface area contributed by atoms with Gasteiger partial charge in [-0.15, -0.1) is 0 Å². The van der Waals surface area contributed by atoms with Gasteiger partial charge in [-0.25, -0.2) is 0 Å². The zero-order valence-corrected chi connectivity index (χ0v) is 18.0. The van der Waals surface area contributed by atoms with Crippen molar-refractivity contribution in [2.45, 2.75) is 13.8 Å². The fraction of sp³-hybridized carbons (Fsp3) is 0.154. The van der Waals surface area contributed by atoms with Gasteiger partial charge in [0.15, 0.2) is 0 Å². The summed E-state index contributed by atoms with van der Waals surface area (Å²) in [5.41, 5.74) is 5.26. The number of aromatic nitrogens is 1. The van der Waals surface area contributed by atoms with Gasteiger partial charge in [0.25, 0.3) is 11.7 Å². The molecule has 0 saturated carbocycles. The van der Waals surface area contributed by atoms with Crippen LogP contribution in [0.2, 0.25) is 0 Å². The van der Waals surface area contributed by atoms with Gasteiger partial charge in [0.1, 0.15) is 5.75 Å². The lowest BCUT2D eigenvalue weighted by atomic mass is 10.0. The summed E-state index contributed by atoms with van der Waals surface area (Å²) in [5.74, 6) is -0.468. The summed E-state index contributed by atoms with van der Waals surface area (Å²) in [6, 6.07) is 20.9. The molecule has 0 spiro atoms. The standard InChI is InChI=1S/C26H24N2O3/c1-16-14-19(15-17(2)25(16)31-4)27-26(30)24(29)22-20-12-8-9-13-21(20)28(3)23(22)18-10-6-5-7-11-18/h5-15H,1-4H3,(H,27,30). The van der Waals surface area contributed by atoms with Gasteiger partial charge in [0.05, 0.1) is 18.4 Å². The fourth-order valence-electron chi connectivity index (χ4n) is 4.20. The lowest BCUT2D eigenvalue weighted by Crippen LogP contribution is -2.23. The fourth-order valence-corrected chi connectivity index (χ4v) is 4.20. The molecule has 0 unspecified atom stereocenters. The van der Waals surface area contributed by atoms with Gasteiger partial charge in [-0.2, -0.15) is 0 Å².